The van der Waals surface area contributed by atoms with E-state index in [1.165, 1.54) is 6.07 Å². The quantitative estimate of drug-likeness (QED) is 0.661. The molecule has 1 rings (SSSR count). The van der Waals surface area contributed by atoms with Gasteiger partial charge in [-0.1, -0.05) is 0 Å². The molecule has 0 saturated carbocycles. The van der Waals surface area contributed by atoms with Gasteiger partial charge in [-0.05, 0) is 32.4 Å². The number of hydrogen-bond donors (Lipinski definition) is 1. The molecule has 122 valence electrons. The third-order valence-corrected chi connectivity index (χ3v) is 6.96. The van der Waals surface area contributed by atoms with Gasteiger partial charge in [-0.2, -0.15) is 0 Å². The Balaban J connectivity index is 2.41. The summed E-state index contributed by atoms with van der Waals surface area (Å²) >= 11 is 1.03. The van der Waals surface area contributed by atoms with E-state index in [0.29, 0.717) is 6.42 Å². The first-order valence-electron chi connectivity index (χ1n) is 6.22. The summed E-state index contributed by atoms with van der Waals surface area (Å²) < 4.78 is 53.2. The Morgan fingerprint density at radius 2 is 1.95 bits per heavy atom. The molecule has 6 nitrogen and oxygen atoms in total. The van der Waals surface area contributed by atoms with Crippen LogP contribution in [0.5, 0.6) is 0 Å². The van der Waals surface area contributed by atoms with Crippen LogP contribution in [0, 0.1) is 0 Å². The van der Waals surface area contributed by atoms with Crippen LogP contribution in [0.4, 0.5) is 0 Å². The average molecular weight is 376 g/mol. The number of nitrogens with one attached hydrogen (secondary N) is 1. The molecule has 0 spiro atoms. The largest absolute Gasteiger partial charge is 0.378 e. The zero-order valence-corrected chi connectivity index (χ0v) is 14.9. The second kappa shape index (κ2) is 7.89. The molecular formula is C11H18ClNO5S3. The Labute approximate surface area is 133 Å². The molecule has 0 aliphatic rings. The Morgan fingerprint density at radius 3 is 2.48 bits per heavy atom. The normalized spacial score (nSPS) is 13.0. The van der Waals surface area contributed by atoms with E-state index in [4.69, 9.17) is 15.4 Å². The summed E-state index contributed by atoms with van der Waals surface area (Å²) in [6.07, 6.45) is 0.392. The number of halogens is 1. The van der Waals surface area contributed by atoms with Gasteiger partial charge in [-0.3, -0.25) is 0 Å². The van der Waals surface area contributed by atoms with Gasteiger partial charge in [0.2, 0.25) is 10.0 Å². The molecule has 0 radical (unpaired) electrons. The lowest BCUT2D eigenvalue weighted by atomic mass is 10.3. The van der Waals surface area contributed by atoms with Crippen LogP contribution in [-0.2, 0) is 30.2 Å². The van der Waals surface area contributed by atoms with Gasteiger partial charge < -0.3 is 4.74 Å². The summed E-state index contributed by atoms with van der Waals surface area (Å²) in [5.41, 5.74) is 0. The highest BCUT2D eigenvalue weighted by molar-refractivity contribution is 8.15. The Kier molecular flexibility index (Phi) is 7.08. The maximum absolute atomic E-state index is 11.7. The van der Waals surface area contributed by atoms with Crippen molar-refractivity contribution < 1.29 is 21.6 Å². The van der Waals surface area contributed by atoms with Crippen LogP contribution < -0.4 is 4.72 Å². The number of rotatable bonds is 9. The maximum Gasteiger partial charge on any atom is 0.270 e. The van der Waals surface area contributed by atoms with Crippen molar-refractivity contribution in [3.8, 4) is 0 Å². The SMILES string of the molecule is CC(C)OCCS(=O)(=O)NCCc1ccc(S(=O)(=O)Cl)s1. The molecule has 0 amide bonds. The molecule has 0 aromatic carbocycles. The van der Waals surface area contributed by atoms with Gasteiger partial charge in [-0.25, -0.2) is 21.6 Å². The lowest BCUT2D eigenvalue weighted by Crippen LogP contribution is -2.30. The van der Waals surface area contributed by atoms with Crippen molar-refractivity contribution in [2.75, 3.05) is 18.9 Å². The summed E-state index contributed by atoms with van der Waals surface area (Å²) in [7, 11) is -1.89. The van der Waals surface area contributed by atoms with E-state index < -0.39 is 19.1 Å². The second-order valence-electron chi connectivity index (χ2n) is 4.54. The molecule has 0 fully saturated rings. The van der Waals surface area contributed by atoms with Crippen LogP contribution in [-0.4, -0.2) is 41.8 Å². The maximum atomic E-state index is 11.7. The van der Waals surface area contributed by atoms with Crippen molar-refractivity contribution in [2.45, 2.75) is 30.6 Å². The average Bonchev–Trinajstić information content (AvgIpc) is 2.76. The highest BCUT2D eigenvalue weighted by Gasteiger charge is 2.14. The smallest absolute Gasteiger partial charge is 0.270 e. The summed E-state index contributed by atoms with van der Waals surface area (Å²) in [6, 6.07) is 3.03. The Morgan fingerprint density at radius 1 is 1.29 bits per heavy atom. The fourth-order valence-corrected chi connectivity index (χ4v) is 4.41. The minimum atomic E-state index is -3.72. The molecule has 1 aromatic heterocycles. The third kappa shape index (κ3) is 7.57. The van der Waals surface area contributed by atoms with E-state index in [9.17, 15) is 16.8 Å². The Bertz CT molecular complexity index is 651. The zero-order valence-electron chi connectivity index (χ0n) is 11.7. The van der Waals surface area contributed by atoms with Gasteiger partial charge >= 0.3 is 0 Å². The lowest BCUT2D eigenvalue weighted by Gasteiger charge is -2.08. The standard InChI is InChI=1S/C11H18ClNO5S3/c1-9(2)18-7-8-20(14,15)13-6-5-10-3-4-11(19-10)21(12,16)17/h3-4,9,13H,5-8H2,1-2H3. The third-order valence-electron chi connectivity index (χ3n) is 2.37. The van der Waals surface area contributed by atoms with E-state index in [1.807, 2.05) is 13.8 Å². The van der Waals surface area contributed by atoms with Crippen molar-refractivity contribution in [1.82, 2.24) is 4.72 Å². The van der Waals surface area contributed by atoms with Gasteiger partial charge in [0, 0.05) is 22.1 Å². The van der Waals surface area contributed by atoms with E-state index in [0.717, 1.165) is 16.2 Å². The molecule has 0 bridgehead atoms. The Hall–Kier alpha value is -0.190. The van der Waals surface area contributed by atoms with Crippen LogP contribution in [0.3, 0.4) is 0 Å². The summed E-state index contributed by atoms with van der Waals surface area (Å²) in [5.74, 6) is -0.100. The predicted octanol–water partition coefficient (Wildman–Crippen LogP) is 1.56. The first kappa shape index (κ1) is 18.9. The fourth-order valence-electron chi connectivity index (χ4n) is 1.42. The second-order valence-corrected chi connectivity index (χ2v) is 10.4. The molecule has 0 aliphatic carbocycles. The fraction of sp³-hybridized carbons (Fsp3) is 0.636. The molecule has 21 heavy (non-hydrogen) atoms. The minimum absolute atomic E-state index is 0.0118. The van der Waals surface area contributed by atoms with Crippen molar-refractivity contribution in [3.63, 3.8) is 0 Å². The van der Waals surface area contributed by atoms with Gasteiger partial charge in [-0.15, -0.1) is 11.3 Å². The van der Waals surface area contributed by atoms with Gasteiger partial charge in [0.05, 0.1) is 18.5 Å². The monoisotopic (exact) mass is 375 g/mol. The molecule has 0 atom stereocenters. The number of sulfonamides is 1. The van der Waals surface area contributed by atoms with Crippen LogP contribution in [0.25, 0.3) is 0 Å². The molecule has 1 aromatic rings. The van der Waals surface area contributed by atoms with E-state index in [1.54, 1.807) is 6.07 Å². The van der Waals surface area contributed by atoms with Crippen LogP contribution in [0.2, 0.25) is 0 Å². The van der Waals surface area contributed by atoms with Gasteiger partial charge in [0.25, 0.3) is 9.05 Å². The van der Waals surface area contributed by atoms with Crippen LogP contribution >= 0.6 is 22.0 Å². The van der Waals surface area contributed by atoms with Crippen molar-refractivity contribution in [1.29, 1.82) is 0 Å². The number of hydrogen-bond acceptors (Lipinski definition) is 6. The topological polar surface area (TPSA) is 89.5 Å². The van der Waals surface area contributed by atoms with E-state index >= 15 is 0 Å². The zero-order chi connectivity index (χ0) is 16.1. The van der Waals surface area contributed by atoms with E-state index in [2.05, 4.69) is 4.72 Å². The highest BCUT2D eigenvalue weighted by Crippen LogP contribution is 2.24. The van der Waals surface area contributed by atoms with Crippen molar-refractivity contribution >= 4 is 41.1 Å². The molecule has 1 N–H and O–H groups in total. The van der Waals surface area contributed by atoms with Gasteiger partial charge in [0.1, 0.15) is 4.21 Å². The summed E-state index contributed by atoms with van der Waals surface area (Å²) in [5, 5.41) is 0. The first-order valence-corrected chi connectivity index (χ1v) is 11.0. The van der Waals surface area contributed by atoms with Crippen molar-refractivity contribution in [2.24, 2.45) is 0 Å². The first-order chi connectivity index (χ1) is 9.60. The number of thiophene rings is 1. The molecular weight excluding hydrogens is 358 g/mol. The summed E-state index contributed by atoms with van der Waals surface area (Å²) in [4.78, 5) is 0.746. The van der Waals surface area contributed by atoms with Crippen LogP contribution in [0.1, 0.15) is 18.7 Å². The van der Waals surface area contributed by atoms with Crippen molar-refractivity contribution in [3.05, 3.63) is 17.0 Å². The molecule has 0 saturated heterocycles. The predicted molar refractivity (Wildman–Crippen MR) is 83.9 cm³/mol. The molecule has 1 heterocycles. The lowest BCUT2D eigenvalue weighted by molar-refractivity contribution is 0.0911. The van der Waals surface area contributed by atoms with Crippen LogP contribution in [0.15, 0.2) is 16.3 Å². The van der Waals surface area contributed by atoms with Gasteiger partial charge in [0.15, 0.2) is 0 Å². The summed E-state index contributed by atoms with van der Waals surface area (Å²) in [6.45, 7) is 4.01. The van der Waals surface area contributed by atoms with E-state index in [-0.39, 0.29) is 29.2 Å². The molecule has 0 aliphatic heterocycles. The number of ether oxygens (including phenoxy) is 1. The highest BCUT2D eigenvalue weighted by atomic mass is 35.7. The molecule has 0 unspecified atom stereocenters. The molecule has 10 heteroatoms. The minimum Gasteiger partial charge on any atom is -0.378 e.